The fraction of sp³-hybridized carbons (Fsp3) is 0.750. The van der Waals surface area contributed by atoms with E-state index in [0.29, 0.717) is 13.0 Å². The second-order valence-electron chi connectivity index (χ2n) is 3.27. The summed E-state index contributed by atoms with van der Waals surface area (Å²) in [5.74, 6) is 4.43. The molecule has 0 aromatic rings. The average molecular weight is 183 g/mol. The Morgan fingerprint density at radius 3 is 2.77 bits per heavy atom. The van der Waals surface area contributed by atoms with Gasteiger partial charge in [-0.25, -0.2) is 4.79 Å². The van der Waals surface area contributed by atoms with Crippen LogP contribution in [0.5, 0.6) is 0 Å². The number of carbonyl (C=O) groups excluding carboxylic acids is 1. The number of nitriles is 1. The van der Waals surface area contributed by atoms with Gasteiger partial charge in [-0.1, -0.05) is 0 Å². The molecular weight excluding hydrogens is 170 g/mol. The predicted octanol–water partition coefficient (Wildman–Crippen LogP) is -0.219. The molecule has 1 rings (SSSR count). The fourth-order valence-electron chi connectivity index (χ4n) is 1.40. The third kappa shape index (κ3) is 1.79. The minimum Gasteiger partial charge on any atom is -0.372 e. The van der Waals surface area contributed by atoms with E-state index >= 15 is 0 Å². The number of carbonyl (C=O) groups is 1. The average Bonchev–Trinajstić information content (AvgIpc) is 2.93. The molecule has 0 aliphatic heterocycles. The Morgan fingerprint density at radius 2 is 2.38 bits per heavy atom. The van der Waals surface area contributed by atoms with Crippen LogP contribution >= 0.6 is 0 Å². The molecule has 0 unspecified atom stereocenters. The van der Waals surface area contributed by atoms with Crippen molar-refractivity contribution in [1.29, 1.82) is 5.26 Å². The van der Waals surface area contributed by atoms with Gasteiger partial charge in [0.1, 0.15) is 5.54 Å². The third-order valence-corrected chi connectivity index (χ3v) is 2.50. The first-order valence-corrected chi connectivity index (χ1v) is 4.17. The van der Waals surface area contributed by atoms with Crippen LogP contribution in [0, 0.1) is 11.3 Å². The van der Waals surface area contributed by atoms with Gasteiger partial charge in [-0.3, -0.25) is 4.90 Å². The summed E-state index contributed by atoms with van der Waals surface area (Å²) in [4.78, 5) is 17.3. The Hall–Kier alpha value is -1.12. The summed E-state index contributed by atoms with van der Waals surface area (Å²) in [5.41, 5.74) is -0.536. The maximum absolute atomic E-state index is 11.2. The topological polar surface area (TPSA) is 79.3 Å². The Bertz CT molecular complexity index is 242. The van der Waals surface area contributed by atoms with E-state index in [9.17, 15) is 4.79 Å². The number of nitrogens with two attached hydrogens (primary N) is 1. The molecule has 0 amide bonds. The maximum atomic E-state index is 11.2. The molecule has 1 aliphatic carbocycles. The summed E-state index contributed by atoms with van der Waals surface area (Å²) in [6, 6.07) is 2.03. The quantitative estimate of drug-likeness (QED) is 0.609. The van der Waals surface area contributed by atoms with Gasteiger partial charge < -0.3 is 4.84 Å². The lowest BCUT2D eigenvalue weighted by atomic mass is 10.2. The highest BCUT2D eigenvalue weighted by molar-refractivity contribution is 5.83. The van der Waals surface area contributed by atoms with Crippen molar-refractivity contribution in [2.75, 3.05) is 13.6 Å². The van der Waals surface area contributed by atoms with Crippen molar-refractivity contribution in [2.45, 2.75) is 24.8 Å². The molecule has 1 fully saturated rings. The Kier molecular flexibility index (Phi) is 2.86. The van der Waals surface area contributed by atoms with Crippen LogP contribution in [0.2, 0.25) is 0 Å². The van der Waals surface area contributed by atoms with E-state index in [2.05, 4.69) is 4.84 Å². The highest BCUT2D eigenvalue weighted by Gasteiger charge is 2.54. The van der Waals surface area contributed by atoms with Crippen LogP contribution in [0.25, 0.3) is 0 Å². The van der Waals surface area contributed by atoms with Crippen LogP contribution < -0.4 is 5.90 Å². The number of nitrogens with zero attached hydrogens (tertiary/aromatic N) is 2. The molecule has 0 heterocycles. The van der Waals surface area contributed by atoms with Crippen LogP contribution in [0.1, 0.15) is 19.3 Å². The van der Waals surface area contributed by atoms with Gasteiger partial charge >= 0.3 is 5.97 Å². The molecule has 5 heteroatoms. The molecule has 72 valence electrons. The summed E-state index contributed by atoms with van der Waals surface area (Å²) in [7, 11) is 1.81. The van der Waals surface area contributed by atoms with Crippen molar-refractivity contribution in [3.8, 4) is 6.07 Å². The van der Waals surface area contributed by atoms with Gasteiger partial charge in [0.25, 0.3) is 0 Å². The number of likely N-dealkylation sites (N-methyl/N-ethyl adjacent to an activating group) is 1. The SMILES string of the molecule is CN(CCC#N)C1(C(=O)ON)CC1. The normalized spacial score (nSPS) is 18.0. The summed E-state index contributed by atoms with van der Waals surface area (Å²) >= 11 is 0. The minimum atomic E-state index is -0.536. The Balaban J connectivity index is 2.50. The largest absolute Gasteiger partial charge is 0.372 e. The molecule has 0 atom stereocenters. The zero-order valence-corrected chi connectivity index (χ0v) is 7.62. The van der Waals surface area contributed by atoms with Crippen molar-refractivity contribution in [1.82, 2.24) is 4.90 Å². The van der Waals surface area contributed by atoms with Gasteiger partial charge in [0.2, 0.25) is 0 Å². The van der Waals surface area contributed by atoms with E-state index in [1.165, 1.54) is 0 Å². The first kappa shape index (κ1) is 9.96. The second kappa shape index (κ2) is 3.73. The molecular formula is C8H13N3O2. The predicted molar refractivity (Wildman–Crippen MR) is 45.1 cm³/mol. The van der Waals surface area contributed by atoms with Crippen molar-refractivity contribution < 1.29 is 9.63 Å². The van der Waals surface area contributed by atoms with Crippen LogP contribution in [0.3, 0.4) is 0 Å². The summed E-state index contributed by atoms with van der Waals surface area (Å²) in [6.07, 6.45) is 1.95. The van der Waals surface area contributed by atoms with Crippen LogP contribution in [-0.2, 0) is 9.63 Å². The van der Waals surface area contributed by atoms with Crippen LogP contribution in [0.15, 0.2) is 0 Å². The monoisotopic (exact) mass is 183 g/mol. The Labute approximate surface area is 77.0 Å². The lowest BCUT2D eigenvalue weighted by Crippen LogP contribution is -2.43. The molecule has 0 saturated heterocycles. The van der Waals surface area contributed by atoms with Crippen molar-refractivity contribution in [2.24, 2.45) is 5.90 Å². The zero-order valence-electron chi connectivity index (χ0n) is 7.62. The summed E-state index contributed by atoms with van der Waals surface area (Å²) < 4.78 is 0. The van der Waals surface area contributed by atoms with Crippen LogP contribution in [0.4, 0.5) is 0 Å². The fourth-order valence-corrected chi connectivity index (χ4v) is 1.40. The van der Waals surface area contributed by atoms with Gasteiger partial charge in [0, 0.05) is 13.0 Å². The lowest BCUT2D eigenvalue weighted by Gasteiger charge is -2.23. The molecule has 0 radical (unpaired) electrons. The maximum Gasteiger partial charge on any atom is 0.344 e. The summed E-state index contributed by atoms with van der Waals surface area (Å²) in [6.45, 7) is 0.575. The van der Waals surface area contributed by atoms with E-state index in [1.54, 1.807) is 7.05 Å². The van der Waals surface area contributed by atoms with Crippen LogP contribution in [-0.4, -0.2) is 30.0 Å². The Morgan fingerprint density at radius 1 is 1.77 bits per heavy atom. The number of hydrogen-bond donors (Lipinski definition) is 1. The van der Waals surface area contributed by atoms with E-state index in [4.69, 9.17) is 11.2 Å². The van der Waals surface area contributed by atoms with Crippen molar-refractivity contribution in [3.63, 3.8) is 0 Å². The molecule has 13 heavy (non-hydrogen) atoms. The first-order chi connectivity index (χ1) is 6.17. The standard InChI is InChI=1S/C8H13N3O2/c1-11(6-2-5-9)8(3-4-8)7(12)13-10/h2-4,6,10H2,1H3. The molecule has 5 nitrogen and oxygen atoms in total. The second-order valence-corrected chi connectivity index (χ2v) is 3.27. The lowest BCUT2D eigenvalue weighted by molar-refractivity contribution is -0.152. The number of rotatable bonds is 4. The van der Waals surface area contributed by atoms with E-state index in [0.717, 1.165) is 12.8 Å². The number of hydrogen-bond acceptors (Lipinski definition) is 5. The zero-order chi connectivity index (χ0) is 9.90. The van der Waals surface area contributed by atoms with Gasteiger partial charge in [-0.05, 0) is 19.9 Å². The third-order valence-electron chi connectivity index (χ3n) is 2.50. The highest BCUT2D eigenvalue weighted by atomic mass is 16.7. The molecule has 1 saturated carbocycles. The molecule has 2 N–H and O–H groups in total. The van der Waals surface area contributed by atoms with Gasteiger partial charge in [0.05, 0.1) is 6.07 Å². The smallest absolute Gasteiger partial charge is 0.344 e. The van der Waals surface area contributed by atoms with Gasteiger partial charge in [-0.2, -0.15) is 11.2 Å². The van der Waals surface area contributed by atoms with Gasteiger partial charge in [-0.15, -0.1) is 0 Å². The molecule has 0 bridgehead atoms. The minimum absolute atomic E-state index is 0.395. The first-order valence-electron chi connectivity index (χ1n) is 4.17. The van der Waals surface area contributed by atoms with E-state index in [1.807, 2.05) is 11.0 Å². The van der Waals surface area contributed by atoms with E-state index in [-0.39, 0.29) is 0 Å². The summed E-state index contributed by atoms with van der Waals surface area (Å²) in [5, 5.41) is 8.38. The molecule has 0 aromatic carbocycles. The van der Waals surface area contributed by atoms with Crippen molar-refractivity contribution in [3.05, 3.63) is 0 Å². The van der Waals surface area contributed by atoms with Gasteiger partial charge in [0.15, 0.2) is 0 Å². The molecule has 0 aromatic heterocycles. The van der Waals surface area contributed by atoms with Crippen molar-refractivity contribution >= 4 is 5.97 Å². The highest BCUT2D eigenvalue weighted by Crippen LogP contribution is 2.41. The molecule has 0 spiro atoms. The van der Waals surface area contributed by atoms with E-state index < -0.39 is 11.5 Å². The molecule has 1 aliphatic rings.